The molecule has 0 aliphatic heterocycles. The van der Waals surface area contributed by atoms with Crippen LogP contribution in [0.5, 0.6) is 0 Å². The van der Waals surface area contributed by atoms with Crippen LogP contribution in [0, 0.1) is 22.7 Å². The van der Waals surface area contributed by atoms with Crippen molar-refractivity contribution < 1.29 is 19.5 Å². The summed E-state index contributed by atoms with van der Waals surface area (Å²) in [4.78, 5) is 36.3. The molecule has 0 saturated heterocycles. The fourth-order valence-electron chi connectivity index (χ4n) is 5.32. The van der Waals surface area contributed by atoms with Gasteiger partial charge in [0.05, 0.1) is 6.42 Å². The van der Waals surface area contributed by atoms with Gasteiger partial charge < -0.3 is 5.11 Å². The van der Waals surface area contributed by atoms with Gasteiger partial charge in [0.15, 0.2) is 11.5 Å². The summed E-state index contributed by atoms with van der Waals surface area (Å²) < 4.78 is 0. The molecule has 0 unspecified atom stereocenters. The Morgan fingerprint density at radius 2 is 1.83 bits per heavy atom. The van der Waals surface area contributed by atoms with E-state index in [0.717, 1.165) is 25.7 Å². The minimum Gasteiger partial charge on any atom is -0.504 e. The molecule has 0 radical (unpaired) electrons. The van der Waals surface area contributed by atoms with E-state index in [1.807, 2.05) is 0 Å². The fourth-order valence-corrected chi connectivity index (χ4v) is 5.32. The maximum absolute atomic E-state index is 12.6. The van der Waals surface area contributed by atoms with Crippen LogP contribution in [0.15, 0.2) is 11.3 Å². The molecular formula is C19H26O4. The molecule has 0 spiro atoms. The van der Waals surface area contributed by atoms with Crippen LogP contribution in [0.3, 0.4) is 0 Å². The molecule has 23 heavy (non-hydrogen) atoms. The van der Waals surface area contributed by atoms with Crippen molar-refractivity contribution in [2.45, 2.75) is 65.7 Å². The van der Waals surface area contributed by atoms with Crippen molar-refractivity contribution in [1.29, 1.82) is 0 Å². The average Bonchev–Trinajstić information content (AvgIpc) is 2.73. The van der Waals surface area contributed by atoms with E-state index in [1.165, 1.54) is 0 Å². The van der Waals surface area contributed by atoms with Crippen LogP contribution in [0.2, 0.25) is 0 Å². The van der Waals surface area contributed by atoms with E-state index >= 15 is 0 Å². The Balaban J connectivity index is 1.99. The van der Waals surface area contributed by atoms with Crippen molar-refractivity contribution in [3.8, 4) is 0 Å². The second-order valence-corrected chi connectivity index (χ2v) is 8.26. The molecule has 0 aromatic heterocycles. The second kappa shape index (κ2) is 5.29. The Morgan fingerprint density at radius 3 is 2.43 bits per heavy atom. The number of carbonyl (C=O) groups excluding carboxylic acids is 3. The van der Waals surface area contributed by atoms with Crippen molar-refractivity contribution in [3.63, 3.8) is 0 Å². The molecule has 3 rings (SSSR count). The van der Waals surface area contributed by atoms with Gasteiger partial charge in [-0.3, -0.25) is 14.4 Å². The zero-order valence-electron chi connectivity index (χ0n) is 14.3. The van der Waals surface area contributed by atoms with Gasteiger partial charge >= 0.3 is 0 Å². The number of aliphatic hydroxyl groups excluding tert-OH is 1. The fraction of sp³-hybridized carbons (Fsp3) is 0.737. The summed E-state index contributed by atoms with van der Waals surface area (Å²) in [6.07, 6.45) is 4.61. The lowest BCUT2D eigenvalue weighted by Gasteiger charge is -2.57. The number of allylic oxidation sites excluding steroid dienone is 2. The van der Waals surface area contributed by atoms with Crippen LogP contribution in [0.1, 0.15) is 65.7 Å². The van der Waals surface area contributed by atoms with E-state index in [9.17, 15) is 19.5 Å². The highest BCUT2D eigenvalue weighted by atomic mass is 16.3. The molecule has 0 amide bonds. The van der Waals surface area contributed by atoms with E-state index < -0.39 is 5.78 Å². The summed E-state index contributed by atoms with van der Waals surface area (Å²) in [5.41, 5.74) is -0.250. The first-order valence-corrected chi connectivity index (χ1v) is 8.72. The van der Waals surface area contributed by atoms with Crippen molar-refractivity contribution in [2.75, 3.05) is 0 Å². The topological polar surface area (TPSA) is 71.4 Å². The molecular weight excluding hydrogens is 292 g/mol. The lowest BCUT2D eigenvalue weighted by molar-refractivity contribution is -0.148. The first-order valence-electron chi connectivity index (χ1n) is 8.72. The molecule has 0 bridgehead atoms. The molecule has 3 aliphatic carbocycles. The number of Topliss-reactive ketones (excluding diaryl/α,β-unsaturated/α-hetero) is 3. The second-order valence-electron chi connectivity index (χ2n) is 8.26. The normalized spacial score (nSPS) is 41.4. The predicted molar refractivity (Wildman–Crippen MR) is 85.9 cm³/mol. The van der Waals surface area contributed by atoms with Crippen LogP contribution in [0.4, 0.5) is 0 Å². The minimum absolute atomic E-state index is 0.202. The molecule has 4 atom stereocenters. The van der Waals surface area contributed by atoms with E-state index in [4.69, 9.17) is 0 Å². The van der Waals surface area contributed by atoms with Crippen molar-refractivity contribution >= 4 is 17.3 Å². The van der Waals surface area contributed by atoms with Gasteiger partial charge in [0.1, 0.15) is 5.78 Å². The SMILES string of the molecule is C[C@H]1CC[C@]2(C)C(=O)CCC[C@H]2[C@]1(C)CC1=C(O)C(=O)CC1=O. The molecule has 2 saturated carbocycles. The smallest absolute Gasteiger partial charge is 0.205 e. The standard InChI is InChI=1S/C19H26O4/c1-11-7-8-18(2)15(5-4-6-16(18)22)19(11,3)10-12-13(20)9-14(21)17(12)23/h11,15,23H,4-10H2,1-3H3/t11-,15+,18-,19+/m0/s1. The molecule has 4 heteroatoms. The summed E-state index contributed by atoms with van der Waals surface area (Å²) in [6, 6.07) is 0. The highest BCUT2D eigenvalue weighted by Gasteiger charge is 2.56. The molecule has 1 N–H and O–H groups in total. The lowest BCUT2D eigenvalue weighted by atomic mass is 9.46. The number of hydrogen-bond donors (Lipinski definition) is 1. The van der Waals surface area contributed by atoms with E-state index in [2.05, 4.69) is 20.8 Å². The maximum Gasteiger partial charge on any atom is 0.205 e. The van der Waals surface area contributed by atoms with Crippen molar-refractivity contribution in [3.05, 3.63) is 11.3 Å². The van der Waals surface area contributed by atoms with Crippen LogP contribution < -0.4 is 0 Å². The van der Waals surface area contributed by atoms with Gasteiger partial charge in [0, 0.05) is 17.4 Å². The Labute approximate surface area is 137 Å². The number of rotatable bonds is 2. The van der Waals surface area contributed by atoms with Gasteiger partial charge in [-0.05, 0) is 49.4 Å². The number of fused-ring (bicyclic) bond motifs is 1. The third-order valence-electron chi connectivity index (χ3n) is 7.09. The summed E-state index contributed by atoms with van der Waals surface area (Å²) in [6.45, 7) is 6.41. The van der Waals surface area contributed by atoms with Gasteiger partial charge in [-0.1, -0.05) is 20.8 Å². The Morgan fingerprint density at radius 1 is 1.13 bits per heavy atom. The summed E-state index contributed by atoms with van der Waals surface area (Å²) >= 11 is 0. The highest BCUT2D eigenvalue weighted by Crippen LogP contribution is 2.60. The summed E-state index contributed by atoms with van der Waals surface area (Å²) in [5.74, 6) is -0.120. The lowest BCUT2D eigenvalue weighted by Crippen LogP contribution is -2.53. The van der Waals surface area contributed by atoms with E-state index in [1.54, 1.807) is 0 Å². The van der Waals surface area contributed by atoms with Gasteiger partial charge in [0.2, 0.25) is 5.78 Å². The third kappa shape index (κ3) is 2.29. The zero-order chi connectivity index (χ0) is 17.0. The summed E-state index contributed by atoms with van der Waals surface area (Å²) in [5, 5.41) is 10.0. The zero-order valence-corrected chi connectivity index (χ0v) is 14.3. The minimum atomic E-state index is -0.459. The summed E-state index contributed by atoms with van der Waals surface area (Å²) in [7, 11) is 0. The van der Waals surface area contributed by atoms with Crippen LogP contribution in [-0.4, -0.2) is 22.5 Å². The Bertz CT molecular complexity index is 617. The predicted octanol–water partition coefficient (Wildman–Crippen LogP) is 3.54. The first-order chi connectivity index (χ1) is 10.7. The Hall–Kier alpha value is -1.45. The monoisotopic (exact) mass is 318 g/mol. The molecule has 4 nitrogen and oxygen atoms in total. The quantitative estimate of drug-likeness (QED) is 0.790. The van der Waals surface area contributed by atoms with Crippen LogP contribution >= 0.6 is 0 Å². The molecule has 0 heterocycles. The van der Waals surface area contributed by atoms with Gasteiger partial charge in [-0.25, -0.2) is 0 Å². The number of ketones is 3. The number of hydrogen-bond acceptors (Lipinski definition) is 4. The highest BCUT2D eigenvalue weighted by molar-refractivity contribution is 6.21. The van der Waals surface area contributed by atoms with Gasteiger partial charge in [-0.15, -0.1) is 0 Å². The molecule has 0 aromatic carbocycles. The number of aliphatic hydroxyl groups is 1. The van der Waals surface area contributed by atoms with Gasteiger partial charge in [0.25, 0.3) is 0 Å². The van der Waals surface area contributed by atoms with Crippen LogP contribution in [-0.2, 0) is 14.4 Å². The largest absolute Gasteiger partial charge is 0.504 e. The first kappa shape index (κ1) is 16.4. The molecule has 3 aliphatic rings. The molecule has 0 aromatic rings. The van der Waals surface area contributed by atoms with Crippen molar-refractivity contribution in [2.24, 2.45) is 22.7 Å². The third-order valence-corrected chi connectivity index (χ3v) is 7.09. The van der Waals surface area contributed by atoms with Gasteiger partial charge in [-0.2, -0.15) is 0 Å². The molecule has 126 valence electrons. The van der Waals surface area contributed by atoms with Crippen molar-refractivity contribution in [1.82, 2.24) is 0 Å². The van der Waals surface area contributed by atoms with Crippen LogP contribution in [0.25, 0.3) is 0 Å². The van der Waals surface area contributed by atoms with E-state index in [0.29, 0.717) is 30.1 Å². The number of carbonyl (C=O) groups is 3. The maximum atomic E-state index is 12.6. The molecule has 2 fully saturated rings. The Kier molecular flexibility index (Phi) is 3.77. The van der Waals surface area contributed by atoms with E-state index in [-0.39, 0.29) is 34.7 Å². The average molecular weight is 318 g/mol.